The van der Waals surface area contributed by atoms with Crippen molar-refractivity contribution in [3.63, 3.8) is 0 Å². The average Bonchev–Trinajstić information content (AvgIpc) is 2.14. The smallest absolute Gasteiger partial charge is 0.159 e. The summed E-state index contributed by atoms with van der Waals surface area (Å²) in [4.78, 5) is 0. The van der Waals surface area contributed by atoms with Gasteiger partial charge in [0.1, 0.15) is 0 Å². The molecule has 1 N–H and O–H groups in total. The Morgan fingerprint density at radius 3 is 2.00 bits per heavy atom. The predicted molar refractivity (Wildman–Crippen MR) is 72.2 cm³/mol. The molecule has 16 heavy (non-hydrogen) atoms. The van der Waals surface area contributed by atoms with Crippen LogP contribution in [0, 0.1) is 28.1 Å². The van der Waals surface area contributed by atoms with E-state index in [1.807, 2.05) is 0 Å². The van der Waals surface area contributed by atoms with Gasteiger partial charge in [-0.15, -0.1) is 0 Å². The minimum Gasteiger partial charge on any atom is -0.391 e. The lowest BCUT2D eigenvalue weighted by Crippen LogP contribution is -2.69. The van der Waals surface area contributed by atoms with E-state index < -0.39 is 0 Å². The van der Waals surface area contributed by atoms with Crippen LogP contribution in [0.25, 0.3) is 0 Å². The first-order valence-corrected chi connectivity index (χ1v) is 6.34. The van der Waals surface area contributed by atoms with Crippen LogP contribution in [0.1, 0.15) is 48.5 Å². The summed E-state index contributed by atoms with van der Waals surface area (Å²) in [5, 5.41) is 1.45. The molecule has 0 radical (unpaired) electrons. The van der Waals surface area contributed by atoms with E-state index in [0.29, 0.717) is 11.8 Å². The van der Waals surface area contributed by atoms with E-state index in [1.165, 1.54) is 5.31 Å². The molecule has 2 unspecified atom stereocenters. The molecule has 0 aromatic carbocycles. The van der Waals surface area contributed by atoms with Crippen LogP contribution in [0.15, 0.2) is 12.3 Å². The van der Waals surface area contributed by atoms with E-state index in [2.05, 4.69) is 55.0 Å². The maximum absolute atomic E-state index is 7.85. The number of hydrogen-bond donors (Lipinski definition) is 1. The summed E-state index contributed by atoms with van der Waals surface area (Å²) in [6.07, 6.45) is 0. The number of rotatable bonds is 3. The van der Waals surface area contributed by atoms with Gasteiger partial charge in [-0.1, -0.05) is 55.0 Å². The second-order valence-electron chi connectivity index (χ2n) is 6.94. The van der Waals surface area contributed by atoms with Gasteiger partial charge in [0, 0.05) is 18.2 Å². The number of hydrogen-bond acceptors (Lipinski definition) is 1. The summed E-state index contributed by atoms with van der Waals surface area (Å²) in [6.45, 7) is 20.4. The van der Waals surface area contributed by atoms with Crippen LogP contribution in [0.2, 0.25) is 1.41 Å². The van der Waals surface area contributed by atoms with Crippen LogP contribution in [-0.2, 0) is 0 Å². The highest BCUT2D eigenvalue weighted by Crippen LogP contribution is 2.74. The molecule has 0 heterocycles. The summed E-state index contributed by atoms with van der Waals surface area (Å²) in [7, 11) is 1.78. The molecule has 0 bridgehead atoms. The molecular formula is C15H29N. The van der Waals surface area contributed by atoms with Gasteiger partial charge in [0.15, 0.2) is 1.41 Å². The Bertz CT molecular complexity index is 328. The first-order valence-electron chi connectivity index (χ1n) is 6.79. The fourth-order valence-electron chi connectivity index (χ4n) is 4.36. The molecule has 2 atom stereocenters. The third kappa shape index (κ3) is 1.23. The van der Waals surface area contributed by atoms with Crippen LogP contribution in [-0.4, -0.2) is 7.05 Å². The van der Waals surface area contributed by atoms with E-state index in [1.54, 1.807) is 7.05 Å². The van der Waals surface area contributed by atoms with Crippen molar-refractivity contribution in [2.24, 2.45) is 28.1 Å². The van der Waals surface area contributed by atoms with E-state index in [9.17, 15) is 0 Å². The molecule has 1 aliphatic rings. The maximum atomic E-state index is 7.85. The second-order valence-corrected chi connectivity index (χ2v) is 6.94. The van der Waals surface area contributed by atoms with Gasteiger partial charge in [-0.3, -0.25) is 0 Å². The van der Waals surface area contributed by atoms with E-state index in [4.69, 9.17) is 1.41 Å². The first-order chi connectivity index (χ1) is 7.42. The van der Waals surface area contributed by atoms with Gasteiger partial charge in [0.05, 0.1) is 0 Å². The van der Waals surface area contributed by atoms with Crippen molar-refractivity contribution >= 4 is 0 Å². The topological polar surface area (TPSA) is 12.0 Å². The summed E-state index contributed by atoms with van der Waals surface area (Å²) < 4.78 is 7.85. The molecule has 1 aliphatic carbocycles. The van der Waals surface area contributed by atoms with Crippen LogP contribution in [0.3, 0.4) is 0 Å². The zero-order chi connectivity index (χ0) is 13.8. The molecule has 0 aliphatic heterocycles. The minimum atomic E-state index is 0.0150. The Balaban J connectivity index is 3.26. The van der Waals surface area contributed by atoms with Gasteiger partial charge < -0.3 is 5.31 Å². The normalized spacial score (nSPS) is 36.6. The molecule has 1 nitrogen and oxygen atoms in total. The molecule has 0 aromatic rings. The van der Waals surface area contributed by atoms with E-state index >= 15 is 0 Å². The first kappa shape index (κ1) is 12.0. The fraction of sp³-hybridized carbons (Fsp3) is 0.867. The van der Waals surface area contributed by atoms with Crippen molar-refractivity contribution < 1.29 is 1.41 Å². The predicted octanol–water partition coefficient (Wildman–Crippen LogP) is 4.06. The third-order valence-corrected chi connectivity index (χ3v) is 5.84. The van der Waals surface area contributed by atoms with Crippen LogP contribution in [0.5, 0.6) is 0 Å². The molecule has 0 aromatic heterocycles. The van der Waals surface area contributed by atoms with E-state index in [0.717, 1.165) is 5.70 Å². The largest absolute Gasteiger partial charge is 0.391 e. The van der Waals surface area contributed by atoms with Crippen molar-refractivity contribution in [3.8, 4) is 0 Å². The highest BCUT2D eigenvalue weighted by atomic mass is 14.9. The van der Waals surface area contributed by atoms with Gasteiger partial charge in [-0.05, 0) is 22.7 Å². The van der Waals surface area contributed by atoms with Crippen molar-refractivity contribution in [3.05, 3.63) is 12.3 Å². The summed E-state index contributed by atoms with van der Waals surface area (Å²) in [6, 6.07) is 0. The quantitative estimate of drug-likeness (QED) is 0.762. The number of nitrogens with one attached hydrogen (secondary N) is 1. The van der Waals surface area contributed by atoms with Gasteiger partial charge in [0.25, 0.3) is 0 Å². The minimum absolute atomic E-state index is 0.0150. The van der Waals surface area contributed by atoms with Gasteiger partial charge in [-0.2, -0.15) is 0 Å². The molecule has 1 heteroatoms. The summed E-state index contributed by atoms with van der Waals surface area (Å²) in [5.41, 5.74) is 1.41. The lowest BCUT2D eigenvalue weighted by Gasteiger charge is -2.73. The SMILES string of the molecule is [2H]N(C)C(=C)C1(C)C(C(C)C)C(C)(C)C1(C)C. The maximum Gasteiger partial charge on any atom is 0.159 e. The molecule has 94 valence electrons. The summed E-state index contributed by atoms with van der Waals surface area (Å²) in [5.74, 6) is 1.19. The highest BCUT2D eigenvalue weighted by Gasteiger charge is 2.70. The van der Waals surface area contributed by atoms with Crippen LogP contribution < -0.4 is 5.31 Å². The lowest BCUT2D eigenvalue weighted by molar-refractivity contribution is -0.234. The fourth-order valence-corrected chi connectivity index (χ4v) is 4.36. The third-order valence-electron chi connectivity index (χ3n) is 5.84. The Labute approximate surface area is 103 Å². The second kappa shape index (κ2) is 3.51. The number of allylic oxidation sites excluding steroid dienone is 1. The zero-order valence-electron chi connectivity index (χ0n) is 13.3. The Morgan fingerprint density at radius 2 is 1.69 bits per heavy atom. The average molecular weight is 224 g/mol. The Kier molecular flexibility index (Phi) is 2.64. The molecular weight excluding hydrogens is 194 g/mol. The van der Waals surface area contributed by atoms with Gasteiger partial charge in [-0.25, -0.2) is 0 Å². The van der Waals surface area contributed by atoms with Crippen molar-refractivity contribution in [2.45, 2.75) is 48.5 Å². The molecule has 0 amide bonds. The molecule has 0 saturated heterocycles. The lowest BCUT2D eigenvalue weighted by atomic mass is 9.31. The summed E-state index contributed by atoms with van der Waals surface area (Å²) >= 11 is 0. The van der Waals surface area contributed by atoms with E-state index in [-0.39, 0.29) is 16.2 Å². The van der Waals surface area contributed by atoms with Crippen molar-refractivity contribution in [1.29, 1.82) is 0 Å². The molecule has 1 fully saturated rings. The zero-order valence-corrected chi connectivity index (χ0v) is 12.3. The molecule has 1 saturated carbocycles. The van der Waals surface area contributed by atoms with Gasteiger partial charge in [0.2, 0.25) is 0 Å². The standard InChI is InChI=1S/C15H29N/c1-10(2)12-13(4,5)14(6,7)15(12,8)11(3)16-9/h10,12,16H,3H2,1-2,4-9H3/i/hD. The van der Waals surface area contributed by atoms with Crippen molar-refractivity contribution in [1.82, 2.24) is 5.31 Å². The highest BCUT2D eigenvalue weighted by molar-refractivity contribution is 5.27. The van der Waals surface area contributed by atoms with Crippen molar-refractivity contribution in [2.75, 3.05) is 7.05 Å². The van der Waals surface area contributed by atoms with Crippen LogP contribution >= 0.6 is 0 Å². The van der Waals surface area contributed by atoms with Gasteiger partial charge >= 0.3 is 0 Å². The molecule has 1 rings (SSSR count). The van der Waals surface area contributed by atoms with Crippen LogP contribution in [0.4, 0.5) is 0 Å². The Hall–Kier alpha value is -0.460. The monoisotopic (exact) mass is 224 g/mol. The molecule has 0 spiro atoms. The Morgan fingerprint density at radius 1 is 1.25 bits per heavy atom.